The lowest BCUT2D eigenvalue weighted by molar-refractivity contribution is -0.696. The first kappa shape index (κ1) is 6.89. The van der Waals surface area contributed by atoms with E-state index in [1.54, 1.807) is 0 Å². The summed E-state index contributed by atoms with van der Waals surface area (Å²) >= 11 is 0. The highest BCUT2D eigenvalue weighted by molar-refractivity contribution is 5.28. The number of nitrogens with zero attached hydrogens (tertiary/aromatic N) is 2. The van der Waals surface area contributed by atoms with Crippen LogP contribution in [0.2, 0.25) is 0 Å². The average Bonchev–Trinajstić information content (AvgIpc) is 2.72. The third-order valence-corrected chi connectivity index (χ3v) is 2.74. The van der Waals surface area contributed by atoms with Crippen molar-refractivity contribution in [2.45, 2.75) is 13.0 Å². The number of rotatable bonds is 0. The van der Waals surface area contributed by atoms with Crippen LogP contribution in [0.4, 0.5) is 0 Å². The number of fused-ring (bicyclic) bond motifs is 3. The monoisotopic (exact) mass is 171 g/mol. The average molecular weight is 171 g/mol. The van der Waals surface area contributed by atoms with Crippen LogP contribution in [0, 0.1) is 0 Å². The van der Waals surface area contributed by atoms with E-state index in [9.17, 15) is 0 Å². The van der Waals surface area contributed by atoms with Crippen LogP contribution in [-0.2, 0) is 0 Å². The topological polar surface area (TPSA) is 8.81 Å². The molecule has 0 saturated carbocycles. The molecular formula is C11H11N2+. The molecule has 1 aliphatic rings. The maximum Gasteiger partial charge on any atom is 0.286 e. The van der Waals surface area contributed by atoms with Crippen LogP contribution in [-0.4, -0.2) is 4.57 Å². The molecule has 1 aliphatic heterocycles. The molecule has 2 aromatic heterocycles. The Kier molecular flexibility index (Phi) is 1.18. The molecule has 0 fully saturated rings. The van der Waals surface area contributed by atoms with E-state index in [-0.39, 0.29) is 0 Å². The first-order valence-corrected chi connectivity index (χ1v) is 4.56. The molecule has 2 heteroatoms. The molecule has 0 saturated heterocycles. The Labute approximate surface area is 77.1 Å². The van der Waals surface area contributed by atoms with Gasteiger partial charge in [0.1, 0.15) is 0 Å². The van der Waals surface area contributed by atoms with Gasteiger partial charge in [0.2, 0.25) is 0 Å². The number of pyridine rings is 1. The molecule has 3 heterocycles. The zero-order valence-corrected chi connectivity index (χ0v) is 7.51. The molecule has 0 radical (unpaired) electrons. The Morgan fingerprint density at radius 2 is 2.15 bits per heavy atom. The third-order valence-electron chi connectivity index (χ3n) is 2.74. The van der Waals surface area contributed by atoms with Crippen LogP contribution >= 0.6 is 0 Å². The van der Waals surface area contributed by atoms with Crippen molar-refractivity contribution < 1.29 is 4.57 Å². The van der Waals surface area contributed by atoms with Crippen molar-refractivity contribution in [2.24, 2.45) is 0 Å². The Bertz CT molecular complexity index is 457. The number of hydrogen-bond donors (Lipinski definition) is 0. The van der Waals surface area contributed by atoms with Gasteiger partial charge in [-0.25, -0.2) is 4.57 Å². The molecule has 0 aromatic carbocycles. The van der Waals surface area contributed by atoms with Crippen LogP contribution in [0.5, 0.6) is 0 Å². The minimum atomic E-state index is 0.464. The van der Waals surface area contributed by atoms with Crippen molar-refractivity contribution in [1.82, 2.24) is 4.57 Å². The van der Waals surface area contributed by atoms with Gasteiger partial charge in [0.05, 0.1) is 12.4 Å². The van der Waals surface area contributed by atoms with Gasteiger partial charge in [0.25, 0.3) is 5.82 Å². The SMILES string of the molecule is CC1c2cccn2-c2cccc[n+]21. The standard InChI is InChI=1S/C11H11N2/c1-9-10-5-4-8-13(10)11-6-2-3-7-12(9)11/h2-9H,1H3/q+1. The summed E-state index contributed by atoms with van der Waals surface area (Å²) in [6.07, 6.45) is 4.25. The fourth-order valence-corrected chi connectivity index (χ4v) is 2.06. The quantitative estimate of drug-likeness (QED) is 0.533. The molecule has 0 amide bonds. The lowest BCUT2D eigenvalue weighted by Gasteiger charge is -1.98. The van der Waals surface area contributed by atoms with Crippen molar-refractivity contribution in [3.8, 4) is 5.82 Å². The number of aromatic nitrogens is 2. The summed E-state index contributed by atoms with van der Waals surface area (Å²) in [4.78, 5) is 0. The largest absolute Gasteiger partial charge is 0.286 e. The Morgan fingerprint density at radius 3 is 3.08 bits per heavy atom. The summed E-state index contributed by atoms with van der Waals surface area (Å²) in [5.41, 5.74) is 1.37. The zero-order chi connectivity index (χ0) is 8.84. The molecule has 1 atom stereocenters. The Balaban J connectivity index is 2.37. The second-order valence-electron chi connectivity index (χ2n) is 3.45. The van der Waals surface area contributed by atoms with Gasteiger partial charge in [0, 0.05) is 6.07 Å². The molecule has 13 heavy (non-hydrogen) atoms. The minimum Gasteiger partial charge on any atom is -0.224 e. The molecule has 2 nitrogen and oxygen atoms in total. The summed E-state index contributed by atoms with van der Waals surface area (Å²) in [7, 11) is 0. The minimum absolute atomic E-state index is 0.464. The van der Waals surface area contributed by atoms with Crippen LogP contribution in [0.15, 0.2) is 42.7 Å². The van der Waals surface area contributed by atoms with Crippen molar-refractivity contribution in [3.63, 3.8) is 0 Å². The van der Waals surface area contributed by atoms with Gasteiger partial charge >= 0.3 is 0 Å². The van der Waals surface area contributed by atoms with Crippen LogP contribution < -0.4 is 4.57 Å². The molecule has 2 aromatic rings. The Morgan fingerprint density at radius 1 is 1.23 bits per heavy atom. The molecular weight excluding hydrogens is 160 g/mol. The summed E-state index contributed by atoms with van der Waals surface area (Å²) in [5, 5.41) is 0. The normalized spacial score (nSPS) is 18.4. The van der Waals surface area contributed by atoms with Gasteiger partial charge in [0.15, 0.2) is 11.7 Å². The maximum atomic E-state index is 2.29. The van der Waals surface area contributed by atoms with Gasteiger partial charge in [-0.1, -0.05) is 6.07 Å². The van der Waals surface area contributed by atoms with Gasteiger partial charge in [-0.3, -0.25) is 0 Å². The van der Waals surface area contributed by atoms with E-state index in [1.807, 2.05) is 0 Å². The third kappa shape index (κ3) is 0.750. The van der Waals surface area contributed by atoms with E-state index < -0.39 is 0 Å². The molecule has 0 aliphatic carbocycles. The van der Waals surface area contributed by atoms with E-state index >= 15 is 0 Å². The summed E-state index contributed by atoms with van der Waals surface area (Å²) in [6.45, 7) is 2.22. The molecule has 1 unspecified atom stereocenters. The van der Waals surface area contributed by atoms with E-state index in [1.165, 1.54) is 11.5 Å². The van der Waals surface area contributed by atoms with Gasteiger partial charge in [-0.2, -0.15) is 4.57 Å². The second-order valence-corrected chi connectivity index (χ2v) is 3.45. The van der Waals surface area contributed by atoms with Crippen molar-refractivity contribution in [2.75, 3.05) is 0 Å². The van der Waals surface area contributed by atoms with Crippen LogP contribution in [0.1, 0.15) is 18.7 Å². The predicted molar refractivity (Wildman–Crippen MR) is 49.8 cm³/mol. The predicted octanol–water partition coefficient (Wildman–Crippen LogP) is 1.69. The van der Waals surface area contributed by atoms with E-state index in [0.717, 1.165) is 0 Å². The van der Waals surface area contributed by atoms with E-state index in [0.29, 0.717) is 6.04 Å². The van der Waals surface area contributed by atoms with Crippen LogP contribution in [0.25, 0.3) is 5.82 Å². The van der Waals surface area contributed by atoms with Crippen molar-refractivity contribution in [3.05, 3.63) is 48.4 Å². The molecule has 0 N–H and O–H groups in total. The number of hydrogen-bond acceptors (Lipinski definition) is 0. The highest BCUT2D eigenvalue weighted by Gasteiger charge is 2.31. The van der Waals surface area contributed by atoms with Gasteiger partial charge in [-0.05, 0) is 25.1 Å². The van der Waals surface area contributed by atoms with Crippen molar-refractivity contribution >= 4 is 0 Å². The maximum absolute atomic E-state index is 2.29. The second kappa shape index (κ2) is 2.22. The molecule has 3 rings (SSSR count). The van der Waals surface area contributed by atoms with Crippen LogP contribution in [0.3, 0.4) is 0 Å². The van der Waals surface area contributed by atoms with Gasteiger partial charge in [-0.15, -0.1) is 0 Å². The van der Waals surface area contributed by atoms with E-state index in [2.05, 4.69) is 58.8 Å². The Hall–Kier alpha value is -1.57. The van der Waals surface area contributed by atoms with E-state index in [4.69, 9.17) is 0 Å². The smallest absolute Gasteiger partial charge is 0.224 e. The molecule has 64 valence electrons. The van der Waals surface area contributed by atoms with Crippen molar-refractivity contribution in [1.29, 1.82) is 0 Å². The molecule has 0 spiro atoms. The highest BCUT2D eigenvalue weighted by Crippen LogP contribution is 2.23. The summed E-state index contributed by atoms with van der Waals surface area (Å²) in [6, 6.07) is 11.0. The van der Waals surface area contributed by atoms with Gasteiger partial charge < -0.3 is 0 Å². The lowest BCUT2D eigenvalue weighted by atomic mass is 10.2. The highest BCUT2D eigenvalue weighted by atomic mass is 15.2. The first-order valence-electron chi connectivity index (χ1n) is 4.56. The zero-order valence-electron chi connectivity index (χ0n) is 7.51. The summed E-state index contributed by atoms with van der Waals surface area (Å²) in [5.74, 6) is 1.26. The first-order chi connectivity index (χ1) is 6.38. The fraction of sp³-hybridized carbons (Fsp3) is 0.182. The summed E-state index contributed by atoms with van der Waals surface area (Å²) < 4.78 is 4.53. The lowest BCUT2D eigenvalue weighted by Crippen LogP contribution is -2.35. The molecule has 0 bridgehead atoms. The fourth-order valence-electron chi connectivity index (χ4n) is 2.06.